The number of nitrogens with one attached hydrogen (secondary N) is 1. The highest BCUT2D eigenvalue weighted by Gasteiger charge is 2.34. The Morgan fingerprint density at radius 3 is 2.31 bits per heavy atom. The van der Waals surface area contributed by atoms with Crippen molar-refractivity contribution in [3.63, 3.8) is 0 Å². The molecule has 0 heterocycles. The molecule has 16 heavy (non-hydrogen) atoms. The van der Waals surface area contributed by atoms with E-state index >= 15 is 0 Å². The first kappa shape index (κ1) is 13.1. The van der Waals surface area contributed by atoms with Crippen molar-refractivity contribution in [2.24, 2.45) is 0 Å². The molecule has 6 heteroatoms. The third-order valence-corrected chi connectivity index (χ3v) is 2.88. The normalized spacial score (nSPS) is 15.7. The van der Waals surface area contributed by atoms with E-state index in [1.165, 1.54) is 0 Å². The van der Waals surface area contributed by atoms with Gasteiger partial charge >= 0.3 is 10.4 Å². The zero-order chi connectivity index (χ0) is 12.2. The summed E-state index contributed by atoms with van der Waals surface area (Å²) in [4.78, 5) is 0. The van der Waals surface area contributed by atoms with E-state index in [9.17, 15) is 8.42 Å². The molecule has 0 spiro atoms. The quantitative estimate of drug-likeness (QED) is 0.604. The summed E-state index contributed by atoms with van der Waals surface area (Å²) in [6, 6.07) is 8.80. The van der Waals surface area contributed by atoms with E-state index in [2.05, 4.69) is 5.32 Å². The van der Waals surface area contributed by atoms with Crippen molar-refractivity contribution in [3.05, 3.63) is 35.9 Å². The Hall–Kier alpha value is -0.950. The minimum Gasteiger partial charge on any atom is -0.288 e. The Balaban J connectivity index is 3.16. The van der Waals surface area contributed by atoms with Crippen LogP contribution in [0.3, 0.4) is 0 Å². The van der Waals surface area contributed by atoms with Crippen molar-refractivity contribution in [3.8, 4) is 0 Å². The van der Waals surface area contributed by atoms with E-state index in [4.69, 9.17) is 8.74 Å². The van der Waals surface area contributed by atoms with Crippen LogP contribution in [0.15, 0.2) is 30.3 Å². The van der Waals surface area contributed by atoms with Gasteiger partial charge in [-0.2, -0.15) is 8.42 Å². The van der Waals surface area contributed by atoms with Gasteiger partial charge in [-0.1, -0.05) is 37.3 Å². The molecular weight excluding hydrogens is 230 g/mol. The highest BCUT2D eigenvalue weighted by Crippen LogP contribution is 2.27. The van der Waals surface area contributed by atoms with E-state index in [1.807, 2.05) is 6.07 Å². The zero-order valence-corrected chi connectivity index (χ0v) is 9.99. The number of benzene rings is 1. The maximum absolute atomic E-state index is 10.8. The summed E-state index contributed by atoms with van der Waals surface area (Å²) in [5.74, 6) is 0. The van der Waals surface area contributed by atoms with Gasteiger partial charge in [-0.25, -0.2) is 4.18 Å². The second-order valence-corrected chi connectivity index (χ2v) is 4.33. The average molecular weight is 245 g/mol. The van der Waals surface area contributed by atoms with Gasteiger partial charge in [-0.3, -0.25) is 9.87 Å². The zero-order valence-electron chi connectivity index (χ0n) is 9.17. The van der Waals surface area contributed by atoms with Crippen LogP contribution in [0.4, 0.5) is 0 Å². The third-order valence-electron chi connectivity index (χ3n) is 2.39. The van der Waals surface area contributed by atoms with Crippen LogP contribution >= 0.6 is 0 Å². The maximum Gasteiger partial charge on any atom is 0.399 e. The van der Waals surface area contributed by atoms with E-state index in [-0.39, 0.29) is 0 Å². The number of hydrogen-bond donors (Lipinski definition) is 2. The van der Waals surface area contributed by atoms with Crippen molar-refractivity contribution < 1.29 is 17.2 Å². The Bertz CT molecular complexity index is 425. The van der Waals surface area contributed by atoms with Crippen molar-refractivity contribution in [1.29, 1.82) is 0 Å². The summed E-state index contributed by atoms with van der Waals surface area (Å²) in [5, 5.41) is 2.78. The predicted octanol–water partition coefficient (Wildman–Crippen LogP) is 1.29. The molecule has 0 radical (unpaired) electrons. The minimum atomic E-state index is -4.52. The van der Waals surface area contributed by atoms with Crippen LogP contribution < -0.4 is 5.32 Å². The third kappa shape index (κ3) is 3.02. The first-order chi connectivity index (χ1) is 7.43. The summed E-state index contributed by atoms with van der Waals surface area (Å²) in [7, 11) is -2.95. The number of rotatable bonds is 5. The van der Waals surface area contributed by atoms with Gasteiger partial charge in [0.2, 0.25) is 0 Å². The van der Waals surface area contributed by atoms with Crippen molar-refractivity contribution in [2.75, 3.05) is 7.05 Å². The molecule has 0 aliphatic rings. The Labute approximate surface area is 95.4 Å². The average Bonchev–Trinajstić information content (AvgIpc) is 2.26. The molecule has 1 atom stereocenters. The molecule has 5 nitrogen and oxygen atoms in total. The lowest BCUT2D eigenvalue weighted by Gasteiger charge is -2.30. The van der Waals surface area contributed by atoms with Crippen LogP contribution in [-0.2, 0) is 20.3 Å². The van der Waals surface area contributed by atoms with E-state index in [0.29, 0.717) is 12.0 Å². The molecule has 0 fully saturated rings. The van der Waals surface area contributed by atoms with E-state index in [0.717, 1.165) is 0 Å². The molecule has 1 rings (SSSR count). The van der Waals surface area contributed by atoms with Crippen LogP contribution in [0, 0.1) is 0 Å². The second-order valence-electron chi connectivity index (χ2n) is 3.31. The molecule has 1 aromatic rings. The van der Waals surface area contributed by atoms with Crippen molar-refractivity contribution >= 4 is 10.4 Å². The molecule has 0 saturated carbocycles. The largest absolute Gasteiger partial charge is 0.399 e. The molecule has 0 aromatic heterocycles. The second kappa shape index (κ2) is 4.92. The van der Waals surface area contributed by atoms with Gasteiger partial charge < -0.3 is 0 Å². The lowest BCUT2D eigenvalue weighted by molar-refractivity contribution is 0.0277. The van der Waals surface area contributed by atoms with Crippen molar-refractivity contribution in [1.82, 2.24) is 5.32 Å². The van der Waals surface area contributed by atoms with E-state index in [1.54, 1.807) is 38.2 Å². The topological polar surface area (TPSA) is 75.6 Å². The first-order valence-corrected chi connectivity index (χ1v) is 6.22. The molecule has 90 valence electrons. The Morgan fingerprint density at radius 2 is 1.94 bits per heavy atom. The van der Waals surface area contributed by atoms with Gasteiger partial charge in [-0.15, -0.1) is 0 Å². The molecule has 0 bridgehead atoms. The summed E-state index contributed by atoms with van der Waals surface area (Å²) < 4.78 is 35.2. The standard InChI is InChI=1S/C10H15NO4S/c1-3-10(11-2,15-16(12,13)14)9-7-5-4-6-8-9/h4-8,11H,3H2,1-2H3,(H,12,13,14). The van der Waals surface area contributed by atoms with Gasteiger partial charge in [0, 0.05) is 0 Å². The lowest BCUT2D eigenvalue weighted by atomic mass is 10.0. The predicted molar refractivity (Wildman–Crippen MR) is 60.1 cm³/mol. The molecule has 0 aliphatic heterocycles. The summed E-state index contributed by atoms with van der Waals surface area (Å²) in [5.41, 5.74) is -0.591. The van der Waals surface area contributed by atoms with Gasteiger partial charge in [0.05, 0.1) is 0 Å². The lowest BCUT2D eigenvalue weighted by Crippen LogP contribution is -2.43. The Morgan fingerprint density at radius 1 is 1.38 bits per heavy atom. The fourth-order valence-corrected chi connectivity index (χ4v) is 2.22. The van der Waals surface area contributed by atoms with Gasteiger partial charge in [0.15, 0.2) is 5.72 Å². The fourth-order valence-electron chi connectivity index (χ4n) is 1.56. The van der Waals surface area contributed by atoms with Crippen LogP contribution in [0.25, 0.3) is 0 Å². The Kier molecular flexibility index (Phi) is 4.03. The molecule has 0 amide bonds. The molecule has 1 unspecified atom stereocenters. The van der Waals surface area contributed by atoms with Crippen LogP contribution in [-0.4, -0.2) is 20.0 Å². The monoisotopic (exact) mass is 245 g/mol. The minimum absolute atomic E-state index is 0.354. The van der Waals surface area contributed by atoms with Crippen LogP contribution in [0.2, 0.25) is 0 Å². The van der Waals surface area contributed by atoms with Crippen molar-refractivity contribution in [2.45, 2.75) is 19.1 Å². The summed E-state index contributed by atoms with van der Waals surface area (Å²) >= 11 is 0. The van der Waals surface area contributed by atoms with E-state index < -0.39 is 16.1 Å². The molecule has 0 aliphatic carbocycles. The first-order valence-electron chi connectivity index (χ1n) is 4.86. The SMILES string of the molecule is CCC(NC)(OS(=O)(=O)O)c1ccccc1. The molecule has 2 N–H and O–H groups in total. The molecule has 0 saturated heterocycles. The maximum atomic E-state index is 10.8. The summed E-state index contributed by atoms with van der Waals surface area (Å²) in [6.45, 7) is 1.76. The molecule has 1 aromatic carbocycles. The van der Waals surface area contributed by atoms with Gasteiger partial charge in [-0.05, 0) is 19.0 Å². The highest BCUT2D eigenvalue weighted by atomic mass is 32.3. The van der Waals surface area contributed by atoms with Gasteiger partial charge in [0.1, 0.15) is 0 Å². The molecular formula is C10H15NO4S. The highest BCUT2D eigenvalue weighted by molar-refractivity contribution is 7.80. The smallest absolute Gasteiger partial charge is 0.288 e. The van der Waals surface area contributed by atoms with Gasteiger partial charge in [0.25, 0.3) is 0 Å². The fraction of sp³-hybridized carbons (Fsp3) is 0.400. The summed E-state index contributed by atoms with van der Waals surface area (Å²) in [6.07, 6.45) is 0.354. The van der Waals surface area contributed by atoms with Crippen LogP contribution in [0.5, 0.6) is 0 Å². The number of hydrogen-bond acceptors (Lipinski definition) is 4. The van der Waals surface area contributed by atoms with Crippen LogP contribution in [0.1, 0.15) is 18.9 Å².